The number of aromatic nitrogens is 2. The van der Waals surface area contributed by atoms with E-state index in [0.717, 1.165) is 0 Å². The Kier molecular flexibility index (Phi) is 5.59. The average molecular weight is 302 g/mol. The molecule has 0 aromatic carbocycles. The minimum Gasteiger partial charge on any atom is -0.381 e. The van der Waals surface area contributed by atoms with E-state index in [0.29, 0.717) is 24.9 Å². The molecule has 1 heterocycles. The van der Waals surface area contributed by atoms with Crippen LogP contribution in [0.4, 0.5) is 5.82 Å². The van der Waals surface area contributed by atoms with Crippen LogP contribution >= 0.6 is 0 Å². The smallest absolute Gasteiger partial charge is 0.245 e. The summed E-state index contributed by atoms with van der Waals surface area (Å²) in [6.45, 7) is 11.3. The summed E-state index contributed by atoms with van der Waals surface area (Å²) in [4.78, 5) is 0.0608. The summed E-state index contributed by atoms with van der Waals surface area (Å²) >= 11 is 0. The lowest BCUT2D eigenvalue weighted by Gasteiger charge is -2.24. The number of nitrogens with zero attached hydrogens (tertiary/aromatic N) is 2. The Balaban J connectivity index is 2.87. The lowest BCUT2D eigenvalue weighted by Crippen LogP contribution is -2.34. The fourth-order valence-corrected chi connectivity index (χ4v) is 3.46. The molecule has 0 unspecified atom stereocenters. The predicted octanol–water partition coefficient (Wildman–Crippen LogP) is 1.69. The Morgan fingerprint density at radius 1 is 1.30 bits per heavy atom. The lowest BCUT2D eigenvalue weighted by atomic mass is 9.86. The summed E-state index contributed by atoms with van der Waals surface area (Å²) in [6, 6.07) is 0. The first kappa shape index (κ1) is 17.0. The number of sulfonamides is 1. The number of hydrogen-bond donors (Lipinski definition) is 2. The summed E-state index contributed by atoms with van der Waals surface area (Å²) < 4.78 is 28.8. The monoisotopic (exact) mass is 302 g/mol. The van der Waals surface area contributed by atoms with Crippen molar-refractivity contribution in [1.82, 2.24) is 14.5 Å². The topological polar surface area (TPSA) is 90.0 Å². The van der Waals surface area contributed by atoms with Gasteiger partial charge in [-0.15, -0.1) is 0 Å². The highest BCUT2D eigenvalue weighted by molar-refractivity contribution is 7.89. The second-order valence-electron chi connectivity index (χ2n) is 5.74. The molecule has 0 bridgehead atoms. The van der Waals surface area contributed by atoms with Crippen LogP contribution in [0.2, 0.25) is 0 Å². The van der Waals surface area contributed by atoms with Crippen LogP contribution in [0.3, 0.4) is 0 Å². The van der Waals surface area contributed by atoms with Crippen LogP contribution in [0.1, 0.15) is 34.6 Å². The Bertz CT molecular complexity index is 527. The molecule has 0 spiro atoms. The van der Waals surface area contributed by atoms with Gasteiger partial charge in [-0.05, 0) is 24.7 Å². The fraction of sp³-hybridized carbons (Fsp3) is 0.769. The van der Waals surface area contributed by atoms with Crippen molar-refractivity contribution >= 4 is 15.8 Å². The third-order valence-electron chi connectivity index (χ3n) is 3.59. The first-order chi connectivity index (χ1) is 9.19. The number of anilines is 1. The number of aryl methyl sites for hydroxylation is 1. The van der Waals surface area contributed by atoms with E-state index in [1.165, 1.54) is 10.9 Å². The maximum Gasteiger partial charge on any atom is 0.245 e. The van der Waals surface area contributed by atoms with Crippen LogP contribution in [0.15, 0.2) is 11.1 Å². The summed E-state index contributed by atoms with van der Waals surface area (Å²) in [5, 5.41) is 3.97. The van der Waals surface area contributed by atoms with Crippen molar-refractivity contribution < 1.29 is 8.42 Å². The van der Waals surface area contributed by atoms with Crippen molar-refractivity contribution in [3.8, 4) is 0 Å². The number of nitrogen functional groups attached to an aromatic ring is 1. The average Bonchev–Trinajstić information content (AvgIpc) is 2.70. The zero-order valence-corrected chi connectivity index (χ0v) is 13.7. The van der Waals surface area contributed by atoms with Gasteiger partial charge in [0.05, 0.1) is 0 Å². The molecule has 0 radical (unpaired) electrons. The van der Waals surface area contributed by atoms with E-state index in [4.69, 9.17) is 5.73 Å². The van der Waals surface area contributed by atoms with Gasteiger partial charge in [-0.3, -0.25) is 4.68 Å². The lowest BCUT2D eigenvalue weighted by molar-refractivity contribution is 0.289. The second kappa shape index (κ2) is 6.58. The molecule has 0 saturated heterocycles. The number of hydrogen-bond acceptors (Lipinski definition) is 4. The Morgan fingerprint density at radius 2 is 1.85 bits per heavy atom. The largest absolute Gasteiger partial charge is 0.381 e. The molecular weight excluding hydrogens is 276 g/mol. The summed E-state index contributed by atoms with van der Waals surface area (Å²) in [5.41, 5.74) is 5.68. The molecule has 0 aliphatic carbocycles. The minimum atomic E-state index is -3.60. The molecule has 0 aliphatic heterocycles. The van der Waals surface area contributed by atoms with Gasteiger partial charge in [0.15, 0.2) is 5.82 Å². The van der Waals surface area contributed by atoms with Gasteiger partial charge < -0.3 is 5.73 Å². The van der Waals surface area contributed by atoms with Gasteiger partial charge in [-0.25, -0.2) is 13.1 Å². The van der Waals surface area contributed by atoms with Crippen molar-refractivity contribution in [3.63, 3.8) is 0 Å². The molecule has 0 fully saturated rings. The molecule has 6 nitrogen and oxygen atoms in total. The maximum atomic E-state index is 12.3. The SMILES string of the molecule is CCn1cc(S(=O)(=O)NCC(C(C)C)C(C)C)c(N)n1. The Hall–Kier alpha value is -1.08. The number of nitrogens with one attached hydrogen (secondary N) is 1. The Morgan fingerprint density at radius 3 is 2.25 bits per heavy atom. The highest BCUT2D eigenvalue weighted by atomic mass is 32.2. The molecule has 7 heteroatoms. The third kappa shape index (κ3) is 3.96. The van der Waals surface area contributed by atoms with Crippen LogP contribution in [-0.4, -0.2) is 24.7 Å². The van der Waals surface area contributed by atoms with Crippen molar-refractivity contribution in [2.75, 3.05) is 12.3 Å². The van der Waals surface area contributed by atoms with Gasteiger partial charge in [0.2, 0.25) is 10.0 Å². The second-order valence-corrected chi connectivity index (χ2v) is 7.47. The normalized spacial score (nSPS) is 12.8. The quantitative estimate of drug-likeness (QED) is 0.802. The molecule has 3 N–H and O–H groups in total. The van der Waals surface area contributed by atoms with E-state index in [2.05, 4.69) is 37.5 Å². The molecule has 0 aliphatic rings. The first-order valence-corrected chi connectivity index (χ1v) is 8.50. The van der Waals surface area contributed by atoms with Gasteiger partial charge in [-0.1, -0.05) is 27.7 Å². The third-order valence-corrected chi connectivity index (χ3v) is 5.03. The molecule has 0 saturated carbocycles. The molecule has 20 heavy (non-hydrogen) atoms. The Labute approximate surface area is 121 Å². The fourth-order valence-electron chi connectivity index (χ4n) is 2.31. The molecule has 116 valence electrons. The predicted molar refractivity (Wildman–Crippen MR) is 80.7 cm³/mol. The van der Waals surface area contributed by atoms with Gasteiger partial charge in [0.1, 0.15) is 4.90 Å². The highest BCUT2D eigenvalue weighted by Gasteiger charge is 2.24. The van der Waals surface area contributed by atoms with Crippen molar-refractivity contribution in [2.45, 2.75) is 46.1 Å². The minimum absolute atomic E-state index is 0.0463. The summed E-state index contributed by atoms with van der Waals surface area (Å²) in [5.74, 6) is 1.15. The maximum absolute atomic E-state index is 12.3. The van der Waals surface area contributed by atoms with Gasteiger partial charge >= 0.3 is 0 Å². The van der Waals surface area contributed by atoms with Crippen LogP contribution in [-0.2, 0) is 16.6 Å². The van der Waals surface area contributed by atoms with E-state index >= 15 is 0 Å². The molecule has 1 aromatic rings. The zero-order valence-electron chi connectivity index (χ0n) is 12.9. The molecule has 0 atom stereocenters. The molecule has 1 rings (SSSR count). The standard InChI is InChI=1S/C13H26N4O2S/c1-6-17-8-12(13(14)16-17)20(18,19)15-7-11(9(2)3)10(4)5/h8-11,15H,6-7H2,1-5H3,(H2,14,16). The van der Waals surface area contributed by atoms with E-state index in [-0.39, 0.29) is 16.6 Å². The van der Waals surface area contributed by atoms with Crippen LogP contribution in [0.25, 0.3) is 0 Å². The molecule has 1 aromatic heterocycles. The number of nitrogens with two attached hydrogens (primary N) is 1. The van der Waals surface area contributed by atoms with Gasteiger partial charge in [-0.2, -0.15) is 5.10 Å². The van der Waals surface area contributed by atoms with Gasteiger partial charge in [0.25, 0.3) is 0 Å². The van der Waals surface area contributed by atoms with Crippen LogP contribution in [0, 0.1) is 17.8 Å². The summed E-state index contributed by atoms with van der Waals surface area (Å²) in [6.07, 6.45) is 1.47. The highest BCUT2D eigenvalue weighted by Crippen LogP contribution is 2.21. The van der Waals surface area contributed by atoms with E-state index in [1.54, 1.807) is 0 Å². The van der Waals surface area contributed by atoms with Crippen molar-refractivity contribution in [2.24, 2.45) is 17.8 Å². The van der Waals surface area contributed by atoms with E-state index in [1.807, 2.05) is 6.92 Å². The molecular formula is C13H26N4O2S. The van der Waals surface area contributed by atoms with E-state index < -0.39 is 10.0 Å². The van der Waals surface area contributed by atoms with Crippen molar-refractivity contribution in [1.29, 1.82) is 0 Å². The molecule has 0 amide bonds. The van der Waals surface area contributed by atoms with E-state index in [9.17, 15) is 8.42 Å². The first-order valence-electron chi connectivity index (χ1n) is 7.01. The zero-order chi connectivity index (χ0) is 15.5. The van der Waals surface area contributed by atoms with Gasteiger partial charge in [0, 0.05) is 19.3 Å². The van der Waals surface area contributed by atoms with Crippen LogP contribution < -0.4 is 10.5 Å². The van der Waals surface area contributed by atoms with Crippen molar-refractivity contribution in [3.05, 3.63) is 6.20 Å². The number of rotatable bonds is 7. The van der Waals surface area contributed by atoms with Crippen LogP contribution in [0.5, 0.6) is 0 Å². The summed E-state index contributed by atoms with van der Waals surface area (Å²) in [7, 11) is -3.60.